The number of para-hydroxylation sites is 1. The van der Waals surface area contributed by atoms with E-state index in [4.69, 9.17) is 23.2 Å². The molecule has 1 saturated heterocycles. The number of benzene rings is 3. The van der Waals surface area contributed by atoms with Gasteiger partial charge in [0.2, 0.25) is 0 Å². The van der Waals surface area contributed by atoms with E-state index in [1.807, 2.05) is 0 Å². The van der Waals surface area contributed by atoms with Crippen molar-refractivity contribution in [2.75, 3.05) is 33.3 Å². The lowest BCUT2D eigenvalue weighted by molar-refractivity contribution is 0.262. The SMILES string of the molecule is O=C(Nc1cccc(Cl)c1)Nc1cc(S(=O)(=O)Nc2ccccc2Cl)ccc1N1CCCCC1. The van der Waals surface area contributed by atoms with Crippen LogP contribution in [0.25, 0.3) is 0 Å². The van der Waals surface area contributed by atoms with E-state index in [1.54, 1.807) is 54.6 Å². The number of halogens is 2. The maximum atomic E-state index is 13.1. The first-order valence-electron chi connectivity index (χ1n) is 10.8. The van der Waals surface area contributed by atoms with Crippen molar-refractivity contribution in [1.29, 1.82) is 0 Å². The second kappa shape index (κ2) is 10.5. The van der Waals surface area contributed by atoms with Gasteiger partial charge in [0.05, 0.1) is 27.0 Å². The van der Waals surface area contributed by atoms with Crippen LogP contribution in [0.4, 0.5) is 27.5 Å². The highest BCUT2D eigenvalue weighted by Crippen LogP contribution is 2.32. The second-order valence-corrected chi connectivity index (χ2v) is 10.4. The van der Waals surface area contributed by atoms with Gasteiger partial charge in [0.25, 0.3) is 10.0 Å². The van der Waals surface area contributed by atoms with Crippen LogP contribution in [0.5, 0.6) is 0 Å². The van der Waals surface area contributed by atoms with E-state index in [-0.39, 0.29) is 15.6 Å². The molecule has 0 spiro atoms. The van der Waals surface area contributed by atoms with Gasteiger partial charge in [-0.2, -0.15) is 0 Å². The first-order chi connectivity index (χ1) is 16.3. The summed E-state index contributed by atoms with van der Waals surface area (Å²) in [6, 6.07) is 17.6. The summed E-state index contributed by atoms with van der Waals surface area (Å²) < 4.78 is 28.7. The molecule has 7 nitrogen and oxygen atoms in total. The molecule has 0 aliphatic carbocycles. The summed E-state index contributed by atoms with van der Waals surface area (Å²) in [5, 5.41) is 6.32. The van der Waals surface area contributed by atoms with Crippen molar-refractivity contribution in [2.45, 2.75) is 24.2 Å². The lowest BCUT2D eigenvalue weighted by atomic mass is 10.1. The van der Waals surface area contributed by atoms with E-state index >= 15 is 0 Å². The first-order valence-corrected chi connectivity index (χ1v) is 13.1. The van der Waals surface area contributed by atoms with Gasteiger partial charge < -0.3 is 15.5 Å². The Hall–Kier alpha value is -2.94. The third kappa shape index (κ3) is 5.94. The van der Waals surface area contributed by atoms with Crippen LogP contribution in [0.1, 0.15) is 19.3 Å². The Morgan fingerprint density at radius 3 is 2.32 bits per heavy atom. The molecule has 10 heteroatoms. The number of hydrogen-bond donors (Lipinski definition) is 3. The van der Waals surface area contributed by atoms with E-state index in [2.05, 4.69) is 20.3 Å². The standard InChI is InChI=1S/C24H24Cl2N4O3S/c25-17-7-6-8-18(15-17)27-24(31)28-22-16-19(11-12-23(22)30-13-4-1-5-14-30)34(32,33)29-21-10-3-2-9-20(21)26/h2-3,6-12,15-16,29H,1,4-5,13-14H2,(H2,27,28,31). The van der Waals surface area contributed by atoms with Gasteiger partial charge in [0.1, 0.15) is 0 Å². The average Bonchev–Trinajstić information content (AvgIpc) is 2.81. The maximum absolute atomic E-state index is 13.1. The summed E-state index contributed by atoms with van der Waals surface area (Å²) >= 11 is 12.1. The fraction of sp³-hybridized carbons (Fsp3) is 0.208. The minimum Gasteiger partial charge on any atom is -0.370 e. The lowest BCUT2D eigenvalue weighted by Gasteiger charge is -2.31. The molecule has 1 fully saturated rings. The number of hydrogen-bond acceptors (Lipinski definition) is 4. The van der Waals surface area contributed by atoms with Crippen LogP contribution in [-0.4, -0.2) is 27.5 Å². The molecule has 0 bridgehead atoms. The zero-order valence-electron chi connectivity index (χ0n) is 18.2. The zero-order chi connectivity index (χ0) is 24.1. The van der Waals surface area contributed by atoms with Crippen LogP contribution < -0.4 is 20.3 Å². The predicted molar refractivity (Wildman–Crippen MR) is 139 cm³/mol. The fourth-order valence-corrected chi connectivity index (χ4v) is 5.33. The summed E-state index contributed by atoms with van der Waals surface area (Å²) in [5.74, 6) is 0. The Bertz CT molecular complexity index is 1290. The number of anilines is 4. The number of urea groups is 1. The number of carbonyl (C=O) groups is 1. The number of piperidine rings is 1. The van der Waals surface area contributed by atoms with Crippen LogP contribution >= 0.6 is 23.2 Å². The molecule has 1 heterocycles. The van der Waals surface area contributed by atoms with Crippen molar-refractivity contribution in [3.8, 4) is 0 Å². The molecule has 2 amide bonds. The van der Waals surface area contributed by atoms with E-state index in [0.29, 0.717) is 16.4 Å². The lowest BCUT2D eigenvalue weighted by Crippen LogP contribution is -2.31. The molecule has 0 aromatic heterocycles. The smallest absolute Gasteiger partial charge is 0.323 e. The summed E-state index contributed by atoms with van der Waals surface area (Å²) in [5.41, 5.74) is 1.95. The Balaban J connectivity index is 1.63. The molecule has 1 aliphatic rings. The van der Waals surface area contributed by atoms with E-state index in [0.717, 1.165) is 38.0 Å². The highest BCUT2D eigenvalue weighted by molar-refractivity contribution is 7.92. The van der Waals surface area contributed by atoms with Gasteiger partial charge in [-0.1, -0.05) is 41.4 Å². The van der Waals surface area contributed by atoms with Crippen molar-refractivity contribution in [1.82, 2.24) is 0 Å². The third-order valence-corrected chi connectivity index (χ3v) is 7.35. The van der Waals surface area contributed by atoms with Crippen LogP contribution in [0.3, 0.4) is 0 Å². The number of nitrogens with one attached hydrogen (secondary N) is 3. The quantitative estimate of drug-likeness (QED) is 0.350. The van der Waals surface area contributed by atoms with Crippen molar-refractivity contribution >= 4 is 62.0 Å². The Morgan fingerprint density at radius 1 is 0.824 bits per heavy atom. The summed E-state index contributed by atoms with van der Waals surface area (Å²) in [6.45, 7) is 1.66. The van der Waals surface area contributed by atoms with E-state index < -0.39 is 16.1 Å². The average molecular weight is 519 g/mol. The summed E-state index contributed by atoms with van der Waals surface area (Å²) in [4.78, 5) is 14.9. The molecule has 34 heavy (non-hydrogen) atoms. The van der Waals surface area contributed by atoms with Gasteiger partial charge in [-0.25, -0.2) is 13.2 Å². The fourth-order valence-electron chi connectivity index (χ4n) is 3.79. The summed E-state index contributed by atoms with van der Waals surface area (Å²) in [7, 11) is -3.95. The largest absolute Gasteiger partial charge is 0.370 e. The number of sulfonamides is 1. The number of nitrogens with zero attached hydrogens (tertiary/aromatic N) is 1. The van der Waals surface area contributed by atoms with Crippen LogP contribution in [0, 0.1) is 0 Å². The molecule has 1 aliphatic heterocycles. The molecule has 3 aromatic carbocycles. The Morgan fingerprint density at radius 2 is 1.59 bits per heavy atom. The van der Waals surface area contributed by atoms with Crippen molar-refractivity contribution in [3.05, 3.63) is 76.8 Å². The maximum Gasteiger partial charge on any atom is 0.323 e. The van der Waals surface area contributed by atoms with Crippen molar-refractivity contribution in [2.24, 2.45) is 0 Å². The monoisotopic (exact) mass is 518 g/mol. The van der Waals surface area contributed by atoms with Gasteiger partial charge in [-0.3, -0.25) is 4.72 Å². The zero-order valence-corrected chi connectivity index (χ0v) is 20.6. The van der Waals surface area contributed by atoms with Crippen molar-refractivity contribution < 1.29 is 13.2 Å². The van der Waals surface area contributed by atoms with E-state index in [1.165, 1.54) is 12.1 Å². The predicted octanol–water partition coefficient (Wildman–Crippen LogP) is 6.43. The molecule has 4 rings (SSSR count). The number of amides is 2. The molecule has 3 aromatic rings. The molecule has 0 saturated carbocycles. The molecular weight excluding hydrogens is 495 g/mol. The normalized spacial score (nSPS) is 13.9. The van der Waals surface area contributed by atoms with Gasteiger partial charge in [0, 0.05) is 23.8 Å². The van der Waals surface area contributed by atoms with Crippen LogP contribution in [0.15, 0.2) is 71.6 Å². The first kappa shape index (κ1) is 24.2. The Labute approximate surface area is 209 Å². The van der Waals surface area contributed by atoms with Crippen LogP contribution in [0.2, 0.25) is 10.0 Å². The highest BCUT2D eigenvalue weighted by Gasteiger charge is 2.21. The summed E-state index contributed by atoms with van der Waals surface area (Å²) in [6.07, 6.45) is 3.20. The van der Waals surface area contributed by atoms with Gasteiger partial charge >= 0.3 is 6.03 Å². The third-order valence-electron chi connectivity index (χ3n) is 5.42. The van der Waals surface area contributed by atoms with Crippen molar-refractivity contribution in [3.63, 3.8) is 0 Å². The molecule has 0 unspecified atom stereocenters. The molecule has 178 valence electrons. The minimum atomic E-state index is -3.95. The minimum absolute atomic E-state index is 0.00577. The highest BCUT2D eigenvalue weighted by atomic mass is 35.5. The van der Waals surface area contributed by atoms with Gasteiger partial charge in [-0.15, -0.1) is 0 Å². The van der Waals surface area contributed by atoms with E-state index in [9.17, 15) is 13.2 Å². The molecule has 0 radical (unpaired) electrons. The number of rotatable bonds is 6. The Kier molecular flexibility index (Phi) is 7.50. The number of carbonyl (C=O) groups excluding carboxylic acids is 1. The topological polar surface area (TPSA) is 90.5 Å². The molecular formula is C24H24Cl2N4O3S. The van der Waals surface area contributed by atoms with Gasteiger partial charge in [-0.05, 0) is 67.8 Å². The van der Waals surface area contributed by atoms with Crippen LogP contribution in [-0.2, 0) is 10.0 Å². The molecule has 3 N–H and O–H groups in total. The van der Waals surface area contributed by atoms with Gasteiger partial charge in [0.15, 0.2) is 0 Å². The second-order valence-electron chi connectivity index (χ2n) is 7.90. The molecule has 0 atom stereocenters.